The van der Waals surface area contributed by atoms with Crippen molar-refractivity contribution in [3.05, 3.63) is 42.5 Å². The molecule has 2 aromatic carbocycles. The van der Waals surface area contributed by atoms with Gasteiger partial charge in [0.25, 0.3) is 0 Å². The van der Waals surface area contributed by atoms with Gasteiger partial charge in [0.15, 0.2) is 0 Å². The highest BCUT2D eigenvalue weighted by atomic mass is 16.2. The summed E-state index contributed by atoms with van der Waals surface area (Å²) in [5, 5.41) is 9.08. The fourth-order valence-corrected chi connectivity index (χ4v) is 2.98. The van der Waals surface area contributed by atoms with Crippen LogP contribution >= 0.6 is 0 Å². The van der Waals surface area contributed by atoms with Crippen LogP contribution in [-0.4, -0.2) is 42.4 Å². The molecule has 158 valence electrons. The average Bonchev–Trinajstić information content (AvgIpc) is 2.72. The minimum absolute atomic E-state index is 0.0305. The molecular weight excluding hydrogens is 386 g/mol. The average molecular weight is 411 g/mol. The molecule has 0 radical (unpaired) electrons. The Hall–Kier alpha value is -3.55. The third kappa shape index (κ3) is 6.23. The van der Waals surface area contributed by atoms with Crippen molar-refractivity contribution in [2.24, 2.45) is 5.92 Å². The van der Waals surface area contributed by atoms with Crippen molar-refractivity contribution in [3.63, 3.8) is 0 Å². The van der Waals surface area contributed by atoms with Gasteiger partial charge in [-0.2, -0.15) is 0 Å². The van der Waals surface area contributed by atoms with Crippen molar-refractivity contribution >= 4 is 46.8 Å². The first-order valence-electron chi connectivity index (χ1n) is 9.64. The van der Waals surface area contributed by atoms with Crippen molar-refractivity contribution in [1.82, 2.24) is 10.6 Å². The van der Waals surface area contributed by atoms with Crippen LogP contribution in [0, 0.1) is 5.92 Å². The van der Waals surface area contributed by atoms with Crippen LogP contribution in [0.25, 0.3) is 10.8 Å². The fraction of sp³-hybridized carbons (Fsp3) is 0.318. The molecular formula is C22H25N3O5. The molecule has 0 saturated carbocycles. The summed E-state index contributed by atoms with van der Waals surface area (Å²) in [5.74, 6) is -2.48. The van der Waals surface area contributed by atoms with Crippen LogP contribution in [0.5, 0.6) is 0 Å². The molecule has 3 N–H and O–H groups in total. The molecule has 8 heteroatoms. The fourth-order valence-electron chi connectivity index (χ4n) is 2.98. The second kappa shape index (κ2) is 10.8. The standard InChI is InChI=1S/C22H25N3O5/c1-14(2)12-19(20(28)23-16(13-27)10-11-26)25-22(30)21(29)24-18-9-5-7-15-6-3-4-8-17(15)18/h3-9,11,13-14,16,19H,10,12H2,1-2H3,(H,23,28)(H,24,29)(H,25,30)/t16-,19-/m0/s1. The highest BCUT2D eigenvalue weighted by Gasteiger charge is 2.26. The smallest absolute Gasteiger partial charge is 0.313 e. The van der Waals surface area contributed by atoms with Gasteiger partial charge < -0.3 is 25.5 Å². The molecule has 0 aliphatic carbocycles. The molecule has 30 heavy (non-hydrogen) atoms. The van der Waals surface area contributed by atoms with Gasteiger partial charge in [0, 0.05) is 17.5 Å². The number of carbonyl (C=O) groups excluding carboxylic acids is 5. The van der Waals surface area contributed by atoms with Gasteiger partial charge in [-0.15, -0.1) is 0 Å². The summed E-state index contributed by atoms with van der Waals surface area (Å²) in [6.07, 6.45) is 1.06. The van der Waals surface area contributed by atoms with E-state index in [1.807, 2.05) is 44.2 Å². The van der Waals surface area contributed by atoms with E-state index >= 15 is 0 Å². The Labute approximate surface area is 174 Å². The van der Waals surface area contributed by atoms with E-state index in [1.54, 1.807) is 12.1 Å². The third-order valence-electron chi connectivity index (χ3n) is 4.42. The first-order chi connectivity index (χ1) is 14.3. The number of hydrogen-bond acceptors (Lipinski definition) is 5. The van der Waals surface area contributed by atoms with E-state index in [2.05, 4.69) is 16.0 Å². The number of fused-ring (bicyclic) bond motifs is 1. The Morgan fingerprint density at radius 1 is 0.933 bits per heavy atom. The summed E-state index contributed by atoms with van der Waals surface area (Å²) in [5.41, 5.74) is 0.477. The second-order valence-corrected chi connectivity index (χ2v) is 7.29. The first kappa shape index (κ1) is 22.7. The van der Waals surface area contributed by atoms with E-state index < -0.39 is 29.8 Å². The Balaban J connectivity index is 2.10. The molecule has 2 aromatic rings. The van der Waals surface area contributed by atoms with Gasteiger partial charge in [-0.3, -0.25) is 14.4 Å². The maximum atomic E-state index is 12.5. The topological polar surface area (TPSA) is 121 Å². The lowest BCUT2D eigenvalue weighted by molar-refractivity contribution is -0.138. The van der Waals surface area contributed by atoms with Crippen LogP contribution in [0.1, 0.15) is 26.7 Å². The Morgan fingerprint density at radius 2 is 1.63 bits per heavy atom. The van der Waals surface area contributed by atoms with E-state index in [1.165, 1.54) is 0 Å². The van der Waals surface area contributed by atoms with Gasteiger partial charge in [0.05, 0.1) is 6.04 Å². The third-order valence-corrected chi connectivity index (χ3v) is 4.42. The molecule has 0 bridgehead atoms. The van der Waals surface area contributed by atoms with Crippen LogP contribution in [0.4, 0.5) is 5.69 Å². The minimum atomic E-state index is -1.02. The van der Waals surface area contributed by atoms with Gasteiger partial charge in [-0.1, -0.05) is 50.2 Å². The second-order valence-electron chi connectivity index (χ2n) is 7.29. The summed E-state index contributed by atoms with van der Waals surface area (Å²) in [6, 6.07) is 10.7. The normalized spacial score (nSPS) is 12.6. The lowest BCUT2D eigenvalue weighted by Crippen LogP contribution is -2.52. The van der Waals surface area contributed by atoms with Gasteiger partial charge >= 0.3 is 11.8 Å². The molecule has 0 aromatic heterocycles. The lowest BCUT2D eigenvalue weighted by Gasteiger charge is -2.21. The number of carbonyl (C=O) groups is 5. The summed E-state index contributed by atoms with van der Waals surface area (Å²) < 4.78 is 0. The van der Waals surface area contributed by atoms with E-state index in [0.29, 0.717) is 18.3 Å². The minimum Gasteiger partial charge on any atom is -0.344 e. The summed E-state index contributed by atoms with van der Waals surface area (Å²) in [6.45, 7) is 3.70. The predicted molar refractivity (Wildman–Crippen MR) is 113 cm³/mol. The summed E-state index contributed by atoms with van der Waals surface area (Å²) >= 11 is 0. The largest absolute Gasteiger partial charge is 0.344 e. The highest BCUT2D eigenvalue weighted by Crippen LogP contribution is 2.22. The molecule has 0 saturated heterocycles. The zero-order chi connectivity index (χ0) is 22.1. The number of hydrogen-bond donors (Lipinski definition) is 3. The van der Waals surface area contributed by atoms with Gasteiger partial charge in [-0.05, 0) is 23.8 Å². The van der Waals surface area contributed by atoms with E-state index in [9.17, 15) is 24.0 Å². The molecule has 2 rings (SSSR count). The zero-order valence-corrected chi connectivity index (χ0v) is 16.9. The predicted octanol–water partition coefficient (Wildman–Crippen LogP) is 1.58. The molecule has 0 aliphatic rings. The molecule has 8 nitrogen and oxygen atoms in total. The number of aldehydes is 2. The van der Waals surface area contributed by atoms with Gasteiger partial charge in [0.2, 0.25) is 5.91 Å². The van der Waals surface area contributed by atoms with Crippen LogP contribution in [0.3, 0.4) is 0 Å². The Bertz CT molecular complexity index is 936. The molecule has 3 amide bonds. The van der Waals surface area contributed by atoms with Crippen molar-refractivity contribution in [2.45, 2.75) is 38.8 Å². The van der Waals surface area contributed by atoms with Crippen LogP contribution in [-0.2, 0) is 24.0 Å². The van der Waals surface area contributed by atoms with Crippen LogP contribution < -0.4 is 16.0 Å². The number of anilines is 1. The van der Waals surface area contributed by atoms with Crippen molar-refractivity contribution in [1.29, 1.82) is 0 Å². The van der Waals surface area contributed by atoms with Crippen molar-refractivity contribution in [2.75, 3.05) is 5.32 Å². The molecule has 0 unspecified atom stereocenters. The first-order valence-corrected chi connectivity index (χ1v) is 9.64. The molecule has 0 fully saturated rings. The van der Waals surface area contributed by atoms with Crippen molar-refractivity contribution in [3.8, 4) is 0 Å². The number of amides is 3. The number of rotatable bonds is 9. The molecule has 0 spiro atoms. The van der Waals surface area contributed by atoms with Crippen LogP contribution in [0.2, 0.25) is 0 Å². The van der Waals surface area contributed by atoms with E-state index in [-0.39, 0.29) is 18.8 Å². The van der Waals surface area contributed by atoms with Gasteiger partial charge in [-0.25, -0.2) is 0 Å². The Kier molecular flexibility index (Phi) is 8.22. The summed E-state index contributed by atoms with van der Waals surface area (Å²) in [7, 11) is 0. The molecule has 0 heterocycles. The molecule has 2 atom stereocenters. The highest BCUT2D eigenvalue weighted by molar-refractivity contribution is 6.40. The van der Waals surface area contributed by atoms with Crippen molar-refractivity contribution < 1.29 is 24.0 Å². The maximum Gasteiger partial charge on any atom is 0.313 e. The van der Waals surface area contributed by atoms with Crippen LogP contribution in [0.15, 0.2) is 42.5 Å². The van der Waals surface area contributed by atoms with E-state index in [0.717, 1.165) is 10.8 Å². The van der Waals surface area contributed by atoms with Gasteiger partial charge in [0.1, 0.15) is 18.6 Å². The Morgan fingerprint density at radius 3 is 2.30 bits per heavy atom. The molecule has 0 aliphatic heterocycles. The zero-order valence-electron chi connectivity index (χ0n) is 16.9. The maximum absolute atomic E-state index is 12.5. The lowest BCUT2D eigenvalue weighted by atomic mass is 10.0. The SMILES string of the molecule is CC(C)C[C@H](NC(=O)C(=O)Nc1cccc2ccccc12)C(=O)N[C@H](C=O)CC=O. The summed E-state index contributed by atoms with van der Waals surface area (Å²) in [4.78, 5) is 58.9. The van der Waals surface area contributed by atoms with E-state index in [4.69, 9.17) is 0 Å². The monoisotopic (exact) mass is 411 g/mol. The number of nitrogens with one attached hydrogen (secondary N) is 3. The quantitative estimate of drug-likeness (QED) is 0.427. The number of benzene rings is 2.